The van der Waals surface area contributed by atoms with Crippen molar-refractivity contribution in [2.45, 2.75) is 32.2 Å². The Morgan fingerprint density at radius 2 is 2.14 bits per heavy atom. The molecule has 0 spiro atoms. The Morgan fingerprint density at radius 3 is 2.76 bits per heavy atom. The van der Waals surface area contributed by atoms with Crippen LogP contribution < -0.4 is 11.1 Å². The minimum atomic E-state index is -0.816. The molecule has 3 amide bonds. The normalized spacial score (nSPS) is 19.9. The van der Waals surface area contributed by atoms with Crippen LogP contribution >= 0.6 is 0 Å². The van der Waals surface area contributed by atoms with Gasteiger partial charge in [0.2, 0.25) is 5.91 Å². The van der Waals surface area contributed by atoms with Gasteiger partial charge in [-0.2, -0.15) is 0 Å². The van der Waals surface area contributed by atoms with Gasteiger partial charge in [0.25, 0.3) is 0 Å². The maximum Gasteiger partial charge on any atom is 0.318 e. The maximum absolute atomic E-state index is 12.0. The smallest absolute Gasteiger partial charge is 0.318 e. The largest absolute Gasteiger partial charge is 0.481 e. The maximum atomic E-state index is 12.0. The third kappa shape index (κ3) is 5.99. The highest BCUT2D eigenvalue weighted by Gasteiger charge is 2.31. The highest BCUT2D eigenvalue weighted by atomic mass is 16.5. The van der Waals surface area contributed by atoms with Crippen molar-refractivity contribution in [2.24, 2.45) is 11.7 Å². The molecule has 0 radical (unpaired) electrons. The van der Waals surface area contributed by atoms with Crippen molar-refractivity contribution in [3.05, 3.63) is 0 Å². The number of morpholine rings is 1. The Bertz CT molecular complexity index is 388. The van der Waals surface area contributed by atoms with Crippen LogP contribution in [0.15, 0.2) is 0 Å². The lowest BCUT2D eigenvalue weighted by molar-refractivity contribution is -0.137. The van der Waals surface area contributed by atoms with Crippen LogP contribution in [-0.4, -0.2) is 60.3 Å². The zero-order valence-electron chi connectivity index (χ0n) is 12.2. The molecule has 2 atom stereocenters. The van der Waals surface area contributed by atoms with Gasteiger partial charge in [-0.25, -0.2) is 4.79 Å². The fourth-order valence-corrected chi connectivity index (χ4v) is 2.12. The topological polar surface area (TPSA) is 122 Å². The number of nitrogens with one attached hydrogen (secondary N) is 1. The number of ether oxygens (including phenoxy) is 1. The van der Waals surface area contributed by atoms with Crippen LogP contribution in [0.2, 0.25) is 0 Å². The second-order valence-corrected chi connectivity index (χ2v) is 5.24. The van der Waals surface area contributed by atoms with E-state index >= 15 is 0 Å². The Balaban J connectivity index is 2.32. The van der Waals surface area contributed by atoms with Gasteiger partial charge in [-0.15, -0.1) is 0 Å². The molecular formula is C13H23N3O5. The highest BCUT2D eigenvalue weighted by Crippen LogP contribution is 2.10. The summed E-state index contributed by atoms with van der Waals surface area (Å²) in [6, 6.07) is -1.07. The fraction of sp³-hybridized carbons (Fsp3) is 0.769. The van der Waals surface area contributed by atoms with Crippen molar-refractivity contribution in [1.29, 1.82) is 0 Å². The van der Waals surface area contributed by atoms with Gasteiger partial charge in [-0.3, -0.25) is 9.59 Å². The number of rotatable bonds is 7. The minimum absolute atomic E-state index is 0.123. The molecule has 0 aromatic carbocycles. The van der Waals surface area contributed by atoms with Crippen molar-refractivity contribution in [3.63, 3.8) is 0 Å². The molecule has 8 heteroatoms. The number of carbonyl (C=O) groups excluding carboxylic acids is 2. The number of urea groups is 1. The molecule has 0 aromatic heterocycles. The van der Waals surface area contributed by atoms with Crippen molar-refractivity contribution in [1.82, 2.24) is 10.2 Å². The van der Waals surface area contributed by atoms with Crippen LogP contribution in [0.1, 0.15) is 26.2 Å². The minimum Gasteiger partial charge on any atom is -0.481 e. The summed E-state index contributed by atoms with van der Waals surface area (Å²) >= 11 is 0. The molecule has 1 rings (SSSR count). The number of carboxylic acids is 1. The Labute approximate surface area is 123 Å². The van der Waals surface area contributed by atoms with Gasteiger partial charge in [0, 0.05) is 19.5 Å². The number of hydrogen-bond acceptors (Lipinski definition) is 4. The van der Waals surface area contributed by atoms with E-state index in [4.69, 9.17) is 15.6 Å². The standard InChI is InChI=1S/C13H23N3O5/c1-9(2-3-11(17)18)4-5-15-13(20)16-6-7-21-8-10(16)12(14)19/h9-10H,2-8H2,1H3,(H2,14,19)(H,15,20)(H,17,18). The van der Waals surface area contributed by atoms with E-state index < -0.39 is 17.9 Å². The van der Waals surface area contributed by atoms with Crippen LogP contribution in [0.5, 0.6) is 0 Å². The molecule has 1 fully saturated rings. The van der Waals surface area contributed by atoms with Crippen LogP contribution in [-0.2, 0) is 14.3 Å². The number of primary amides is 1. The molecule has 1 saturated heterocycles. The predicted molar refractivity (Wildman–Crippen MR) is 74.6 cm³/mol. The van der Waals surface area contributed by atoms with Crippen molar-refractivity contribution >= 4 is 17.9 Å². The summed E-state index contributed by atoms with van der Waals surface area (Å²) in [5.74, 6) is -1.19. The van der Waals surface area contributed by atoms with E-state index in [1.165, 1.54) is 4.90 Å². The molecule has 4 N–H and O–H groups in total. The predicted octanol–water partition coefficient (Wildman–Crippen LogP) is -0.227. The number of carboxylic acid groups (broad SMARTS) is 1. The van der Waals surface area contributed by atoms with E-state index in [1.807, 2.05) is 6.92 Å². The number of aliphatic carboxylic acids is 1. The third-order valence-corrected chi connectivity index (χ3v) is 3.48. The molecule has 120 valence electrons. The molecule has 0 aliphatic carbocycles. The number of nitrogens with zero attached hydrogens (tertiary/aromatic N) is 1. The third-order valence-electron chi connectivity index (χ3n) is 3.48. The van der Waals surface area contributed by atoms with Gasteiger partial charge in [-0.1, -0.05) is 6.92 Å². The van der Waals surface area contributed by atoms with Gasteiger partial charge in [0.1, 0.15) is 6.04 Å². The molecule has 1 aliphatic heterocycles. The summed E-state index contributed by atoms with van der Waals surface area (Å²) in [5.41, 5.74) is 5.24. The van der Waals surface area contributed by atoms with Gasteiger partial charge < -0.3 is 25.8 Å². The summed E-state index contributed by atoms with van der Waals surface area (Å²) in [6.45, 7) is 3.20. The lowest BCUT2D eigenvalue weighted by atomic mass is 10.0. The molecule has 8 nitrogen and oxygen atoms in total. The Morgan fingerprint density at radius 1 is 1.43 bits per heavy atom. The average Bonchev–Trinajstić information content (AvgIpc) is 2.44. The quantitative estimate of drug-likeness (QED) is 0.599. The molecule has 0 aromatic rings. The van der Waals surface area contributed by atoms with Crippen LogP contribution in [0.25, 0.3) is 0 Å². The second-order valence-electron chi connectivity index (χ2n) is 5.24. The van der Waals surface area contributed by atoms with E-state index in [2.05, 4.69) is 5.32 Å². The van der Waals surface area contributed by atoms with E-state index in [9.17, 15) is 14.4 Å². The Hall–Kier alpha value is -1.83. The van der Waals surface area contributed by atoms with E-state index in [1.54, 1.807) is 0 Å². The van der Waals surface area contributed by atoms with Crippen LogP contribution in [0.4, 0.5) is 4.79 Å². The zero-order valence-corrected chi connectivity index (χ0v) is 12.2. The lowest BCUT2D eigenvalue weighted by Gasteiger charge is -2.33. The molecule has 0 bridgehead atoms. The summed E-state index contributed by atoms with van der Waals surface area (Å²) in [4.78, 5) is 35.1. The van der Waals surface area contributed by atoms with E-state index in [0.717, 1.165) is 0 Å². The first-order valence-electron chi connectivity index (χ1n) is 7.05. The SMILES string of the molecule is CC(CCNC(=O)N1CCOCC1C(N)=O)CCC(=O)O. The molecule has 1 aliphatic rings. The number of amides is 3. The van der Waals surface area contributed by atoms with Crippen LogP contribution in [0, 0.1) is 5.92 Å². The number of nitrogens with two attached hydrogens (primary N) is 1. The summed E-state index contributed by atoms with van der Waals surface area (Å²) in [6.07, 6.45) is 1.39. The van der Waals surface area contributed by atoms with Crippen LogP contribution in [0.3, 0.4) is 0 Å². The van der Waals surface area contributed by atoms with Crippen molar-refractivity contribution < 1.29 is 24.2 Å². The van der Waals surface area contributed by atoms with Gasteiger partial charge in [0.15, 0.2) is 0 Å². The summed E-state index contributed by atoms with van der Waals surface area (Å²) in [7, 11) is 0. The monoisotopic (exact) mass is 301 g/mol. The molecule has 0 saturated carbocycles. The number of carbonyl (C=O) groups is 3. The zero-order chi connectivity index (χ0) is 15.8. The van der Waals surface area contributed by atoms with Gasteiger partial charge in [0.05, 0.1) is 13.2 Å². The highest BCUT2D eigenvalue weighted by molar-refractivity contribution is 5.86. The first-order valence-corrected chi connectivity index (χ1v) is 7.05. The summed E-state index contributed by atoms with van der Waals surface area (Å²) < 4.78 is 5.14. The number of hydrogen-bond donors (Lipinski definition) is 3. The molecule has 21 heavy (non-hydrogen) atoms. The first kappa shape index (κ1) is 17.2. The Kier molecular flexibility index (Phi) is 6.93. The van der Waals surface area contributed by atoms with Gasteiger partial charge >= 0.3 is 12.0 Å². The molecular weight excluding hydrogens is 278 g/mol. The van der Waals surface area contributed by atoms with Crippen molar-refractivity contribution in [3.8, 4) is 0 Å². The first-order chi connectivity index (χ1) is 9.91. The lowest BCUT2D eigenvalue weighted by Crippen LogP contribution is -2.57. The fourth-order valence-electron chi connectivity index (χ4n) is 2.12. The van der Waals surface area contributed by atoms with Crippen molar-refractivity contribution in [2.75, 3.05) is 26.3 Å². The summed E-state index contributed by atoms with van der Waals surface area (Å²) in [5, 5.41) is 11.3. The molecule has 1 heterocycles. The van der Waals surface area contributed by atoms with E-state index in [-0.39, 0.29) is 25.0 Å². The van der Waals surface area contributed by atoms with E-state index in [0.29, 0.717) is 32.5 Å². The average molecular weight is 301 g/mol. The second kappa shape index (κ2) is 8.46. The van der Waals surface area contributed by atoms with Gasteiger partial charge in [-0.05, 0) is 18.8 Å². The molecule has 2 unspecified atom stereocenters.